The second kappa shape index (κ2) is 5.13. The third-order valence-corrected chi connectivity index (χ3v) is 2.62. The van der Waals surface area contributed by atoms with Gasteiger partial charge in [-0.2, -0.15) is 0 Å². The van der Waals surface area contributed by atoms with Gasteiger partial charge in [0.25, 0.3) is 0 Å². The third kappa shape index (κ3) is 4.09. The van der Waals surface area contributed by atoms with Gasteiger partial charge in [0.1, 0.15) is 0 Å². The average molecular weight is 247 g/mol. The smallest absolute Gasteiger partial charge is 0.162 e. The molecule has 0 aliphatic rings. The highest BCUT2D eigenvalue weighted by Gasteiger charge is 2.19. The summed E-state index contributed by atoms with van der Waals surface area (Å²) < 4.78 is 26.3. The minimum Gasteiger partial charge on any atom is -0.204 e. The van der Waals surface area contributed by atoms with E-state index in [0.29, 0.717) is 12.0 Å². The van der Waals surface area contributed by atoms with Crippen molar-refractivity contribution < 1.29 is 8.78 Å². The van der Waals surface area contributed by atoms with E-state index in [9.17, 15) is 8.78 Å². The molecular formula is C13H17ClF2. The Morgan fingerprint density at radius 2 is 1.88 bits per heavy atom. The van der Waals surface area contributed by atoms with Crippen LogP contribution in [0.2, 0.25) is 0 Å². The van der Waals surface area contributed by atoms with Crippen molar-refractivity contribution in [2.75, 3.05) is 0 Å². The first kappa shape index (κ1) is 13.4. The van der Waals surface area contributed by atoms with Gasteiger partial charge in [0, 0.05) is 5.38 Å². The molecule has 0 aliphatic carbocycles. The lowest BCUT2D eigenvalue weighted by Gasteiger charge is -2.21. The number of halogens is 3. The van der Waals surface area contributed by atoms with E-state index in [-0.39, 0.29) is 10.8 Å². The summed E-state index contributed by atoms with van der Waals surface area (Å²) >= 11 is 6.14. The summed E-state index contributed by atoms with van der Waals surface area (Å²) in [6.45, 7) is 6.22. The van der Waals surface area contributed by atoms with E-state index in [2.05, 4.69) is 20.8 Å². The van der Waals surface area contributed by atoms with Crippen molar-refractivity contribution >= 4 is 11.6 Å². The van der Waals surface area contributed by atoms with Crippen LogP contribution in [-0.4, -0.2) is 5.38 Å². The Hall–Kier alpha value is -0.630. The summed E-state index contributed by atoms with van der Waals surface area (Å²) in [6, 6.07) is 4.21. The van der Waals surface area contributed by atoms with Crippen molar-refractivity contribution in [2.24, 2.45) is 5.41 Å². The van der Waals surface area contributed by atoms with Crippen LogP contribution in [0, 0.1) is 17.0 Å². The molecule has 1 unspecified atom stereocenters. The molecule has 3 heteroatoms. The van der Waals surface area contributed by atoms with Crippen LogP contribution in [0.5, 0.6) is 0 Å². The predicted octanol–water partition coefficient (Wildman–Crippen LogP) is 4.55. The zero-order valence-corrected chi connectivity index (χ0v) is 10.6. The Balaban J connectivity index is 2.70. The van der Waals surface area contributed by atoms with Gasteiger partial charge < -0.3 is 0 Å². The van der Waals surface area contributed by atoms with E-state index >= 15 is 0 Å². The molecule has 0 aliphatic heterocycles. The first-order chi connectivity index (χ1) is 7.29. The molecule has 0 aromatic heterocycles. The van der Waals surface area contributed by atoms with Crippen LogP contribution in [-0.2, 0) is 6.42 Å². The maximum Gasteiger partial charge on any atom is 0.162 e. The highest BCUT2D eigenvalue weighted by Crippen LogP contribution is 2.26. The summed E-state index contributed by atoms with van der Waals surface area (Å²) in [7, 11) is 0. The summed E-state index contributed by atoms with van der Waals surface area (Å²) in [4.78, 5) is 0. The number of alkyl halides is 1. The van der Waals surface area contributed by atoms with Crippen molar-refractivity contribution in [1.29, 1.82) is 0 Å². The van der Waals surface area contributed by atoms with Crippen molar-refractivity contribution in [3.8, 4) is 0 Å². The number of hydrogen-bond acceptors (Lipinski definition) is 0. The van der Waals surface area contributed by atoms with Crippen LogP contribution in [0.1, 0.15) is 32.8 Å². The van der Waals surface area contributed by atoms with E-state index in [1.807, 2.05) is 0 Å². The Morgan fingerprint density at radius 1 is 1.25 bits per heavy atom. The van der Waals surface area contributed by atoms with Gasteiger partial charge in [-0.15, -0.1) is 11.6 Å². The highest BCUT2D eigenvalue weighted by atomic mass is 35.5. The lowest BCUT2D eigenvalue weighted by atomic mass is 9.88. The lowest BCUT2D eigenvalue weighted by molar-refractivity contribution is 0.367. The van der Waals surface area contributed by atoms with E-state index < -0.39 is 11.6 Å². The van der Waals surface area contributed by atoms with E-state index in [4.69, 9.17) is 11.6 Å². The Kier molecular flexibility index (Phi) is 4.31. The van der Waals surface area contributed by atoms with Gasteiger partial charge in [0.05, 0.1) is 0 Å². The van der Waals surface area contributed by atoms with Crippen molar-refractivity contribution in [3.63, 3.8) is 0 Å². The van der Waals surface area contributed by atoms with Crippen molar-refractivity contribution in [2.45, 2.75) is 39.0 Å². The average Bonchev–Trinajstić information content (AvgIpc) is 2.09. The SMILES string of the molecule is CC(C)(C)CC(Cl)Cc1cccc(F)c1F. The minimum atomic E-state index is -0.808. The Labute approximate surface area is 101 Å². The normalized spacial score (nSPS) is 13.9. The van der Waals surface area contributed by atoms with Crippen molar-refractivity contribution in [1.82, 2.24) is 0 Å². The molecule has 0 bridgehead atoms. The van der Waals surface area contributed by atoms with Gasteiger partial charge in [0.2, 0.25) is 0 Å². The summed E-state index contributed by atoms with van der Waals surface area (Å²) in [5, 5.41) is -0.170. The maximum absolute atomic E-state index is 13.4. The zero-order chi connectivity index (χ0) is 12.3. The van der Waals surface area contributed by atoms with E-state index in [1.165, 1.54) is 6.07 Å². The van der Waals surface area contributed by atoms with Crippen LogP contribution in [0.25, 0.3) is 0 Å². The molecule has 0 spiro atoms. The molecule has 0 heterocycles. The molecule has 0 N–H and O–H groups in total. The number of rotatable bonds is 3. The van der Waals surface area contributed by atoms with E-state index in [1.54, 1.807) is 6.07 Å². The van der Waals surface area contributed by atoms with Gasteiger partial charge in [-0.3, -0.25) is 0 Å². The second-order valence-electron chi connectivity index (χ2n) is 5.28. The maximum atomic E-state index is 13.4. The van der Waals surface area contributed by atoms with Gasteiger partial charge in [-0.05, 0) is 29.9 Å². The molecule has 1 aromatic rings. The Morgan fingerprint density at radius 3 is 2.44 bits per heavy atom. The molecular weight excluding hydrogens is 230 g/mol. The number of benzene rings is 1. The van der Waals surface area contributed by atoms with Gasteiger partial charge >= 0.3 is 0 Å². The fourth-order valence-corrected chi connectivity index (χ4v) is 2.31. The van der Waals surface area contributed by atoms with Crippen LogP contribution in [0.3, 0.4) is 0 Å². The van der Waals surface area contributed by atoms with Gasteiger partial charge in [0.15, 0.2) is 11.6 Å². The Bertz CT molecular complexity index is 355. The minimum absolute atomic E-state index is 0.0935. The largest absolute Gasteiger partial charge is 0.204 e. The van der Waals surface area contributed by atoms with Gasteiger partial charge in [-0.1, -0.05) is 32.9 Å². The van der Waals surface area contributed by atoms with Gasteiger partial charge in [-0.25, -0.2) is 8.78 Å². The first-order valence-electron chi connectivity index (χ1n) is 5.36. The molecule has 0 fully saturated rings. The second-order valence-corrected chi connectivity index (χ2v) is 5.90. The van der Waals surface area contributed by atoms with Crippen LogP contribution in [0.15, 0.2) is 18.2 Å². The summed E-state index contributed by atoms with van der Waals surface area (Å²) in [5.74, 6) is -1.58. The van der Waals surface area contributed by atoms with Crippen LogP contribution < -0.4 is 0 Å². The van der Waals surface area contributed by atoms with Crippen molar-refractivity contribution in [3.05, 3.63) is 35.4 Å². The molecule has 0 nitrogen and oxygen atoms in total. The molecule has 0 radical (unpaired) electrons. The molecule has 90 valence electrons. The lowest BCUT2D eigenvalue weighted by Crippen LogP contribution is -2.16. The summed E-state index contributed by atoms with van der Waals surface area (Å²) in [6.07, 6.45) is 1.13. The fraction of sp³-hybridized carbons (Fsp3) is 0.538. The monoisotopic (exact) mass is 246 g/mol. The molecule has 1 aromatic carbocycles. The zero-order valence-electron chi connectivity index (χ0n) is 9.86. The molecule has 16 heavy (non-hydrogen) atoms. The van der Waals surface area contributed by atoms with Crippen LogP contribution in [0.4, 0.5) is 8.78 Å². The molecule has 1 rings (SSSR count). The predicted molar refractivity (Wildman–Crippen MR) is 63.8 cm³/mol. The highest BCUT2D eigenvalue weighted by molar-refractivity contribution is 6.20. The standard InChI is InChI=1S/C13H17ClF2/c1-13(2,3)8-10(14)7-9-5-4-6-11(15)12(9)16/h4-6,10H,7-8H2,1-3H3. The fourth-order valence-electron chi connectivity index (χ4n) is 1.68. The molecule has 0 saturated carbocycles. The topological polar surface area (TPSA) is 0 Å². The summed E-state index contributed by atoms with van der Waals surface area (Å²) in [5.41, 5.74) is 0.445. The van der Waals surface area contributed by atoms with Crippen LogP contribution >= 0.6 is 11.6 Å². The molecule has 0 amide bonds. The number of hydrogen-bond donors (Lipinski definition) is 0. The van der Waals surface area contributed by atoms with E-state index in [0.717, 1.165) is 12.5 Å². The molecule has 0 saturated heterocycles. The quantitative estimate of drug-likeness (QED) is 0.687. The first-order valence-corrected chi connectivity index (χ1v) is 5.80. The molecule has 1 atom stereocenters. The third-order valence-electron chi connectivity index (χ3n) is 2.31.